The number of rotatable bonds is 1. The van der Waals surface area contributed by atoms with Gasteiger partial charge in [0.15, 0.2) is 0 Å². The molecule has 2 fully saturated rings. The topological polar surface area (TPSA) is 12.0 Å². The largest absolute Gasteiger partial charge is 0.317 e. The summed E-state index contributed by atoms with van der Waals surface area (Å²) in [5, 5.41) is 3.48. The Labute approximate surface area is 95.0 Å². The summed E-state index contributed by atoms with van der Waals surface area (Å²) in [6.45, 7) is 0. The summed E-state index contributed by atoms with van der Waals surface area (Å²) in [7, 11) is 2.13. The van der Waals surface area contributed by atoms with Crippen LogP contribution in [0, 0.1) is 5.41 Å². The van der Waals surface area contributed by atoms with E-state index in [1.54, 1.807) is 0 Å². The lowest BCUT2D eigenvalue weighted by molar-refractivity contribution is 0.205. The zero-order valence-electron chi connectivity index (χ0n) is 10.4. The van der Waals surface area contributed by atoms with Crippen molar-refractivity contribution in [1.29, 1.82) is 0 Å². The van der Waals surface area contributed by atoms with E-state index in [-0.39, 0.29) is 0 Å². The van der Waals surface area contributed by atoms with Gasteiger partial charge in [-0.15, -0.1) is 0 Å². The molecular formula is C14H27N. The van der Waals surface area contributed by atoms with Gasteiger partial charge in [-0.05, 0) is 51.0 Å². The highest BCUT2D eigenvalue weighted by atomic mass is 14.9. The van der Waals surface area contributed by atoms with Crippen molar-refractivity contribution in [2.75, 3.05) is 7.05 Å². The molecule has 0 heterocycles. The molecule has 2 aliphatic carbocycles. The molecule has 0 aromatic carbocycles. The monoisotopic (exact) mass is 209 g/mol. The summed E-state index contributed by atoms with van der Waals surface area (Å²) in [4.78, 5) is 0. The van der Waals surface area contributed by atoms with Gasteiger partial charge in [0, 0.05) is 6.04 Å². The predicted molar refractivity (Wildman–Crippen MR) is 66.1 cm³/mol. The van der Waals surface area contributed by atoms with Crippen LogP contribution in [0.25, 0.3) is 0 Å². The molecule has 1 unspecified atom stereocenters. The first-order chi connectivity index (χ1) is 7.35. The Kier molecular flexibility index (Phi) is 4.07. The van der Waals surface area contributed by atoms with E-state index in [1.807, 2.05) is 0 Å². The molecule has 1 atom stereocenters. The summed E-state index contributed by atoms with van der Waals surface area (Å²) in [5.74, 6) is 0. The molecule has 2 saturated carbocycles. The molecule has 15 heavy (non-hydrogen) atoms. The van der Waals surface area contributed by atoms with Gasteiger partial charge in [-0.2, -0.15) is 0 Å². The van der Waals surface area contributed by atoms with Crippen LogP contribution in [0.15, 0.2) is 0 Å². The van der Waals surface area contributed by atoms with E-state index >= 15 is 0 Å². The third-order valence-electron chi connectivity index (χ3n) is 4.86. The molecule has 0 aliphatic heterocycles. The second kappa shape index (κ2) is 5.34. The molecule has 0 amide bonds. The van der Waals surface area contributed by atoms with Crippen molar-refractivity contribution in [2.24, 2.45) is 5.41 Å². The van der Waals surface area contributed by atoms with Gasteiger partial charge in [0.2, 0.25) is 0 Å². The van der Waals surface area contributed by atoms with Crippen LogP contribution in [-0.2, 0) is 0 Å². The highest BCUT2D eigenvalue weighted by Crippen LogP contribution is 2.45. The van der Waals surface area contributed by atoms with Gasteiger partial charge in [0.25, 0.3) is 0 Å². The highest BCUT2D eigenvalue weighted by molar-refractivity contribution is 4.86. The van der Waals surface area contributed by atoms with Crippen molar-refractivity contribution in [2.45, 2.75) is 76.7 Å². The van der Waals surface area contributed by atoms with E-state index in [0.717, 1.165) is 11.5 Å². The van der Waals surface area contributed by atoms with Crippen LogP contribution in [0.2, 0.25) is 0 Å². The van der Waals surface area contributed by atoms with Crippen LogP contribution in [0.4, 0.5) is 0 Å². The summed E-state index contributed by atoms with van der Waals surface area (Å²) in [5.41, 5.74) is 0.766. The van der Waals surface area contributed by atoms with Crippen LogP contribution < -0.4 is 5.32 Å². The smallest absolute Gasteiger partial charge is 0.00642 e. The molecule has 0 bridgehead atoms. The summed E-state index contributed by atoms with van der Waals surface area (Å²) in [6, 6.07) is 0.813. The number of hydrogen-bond donors (Lipinski definition) is 1. The molecule has 1 heteroatoms. The predicted octanol–water partition coefficient (Wildman–Crippen LogP) is 3.88. The average Bonchev–Trinajstić information content (AvgIpc) is 2.60. The molecule has 1 nitrogen and oxygen atoms in total. The van der Waals surface area contributed by atoms with E-state index in [1.165, 1.54) is 70.6 Å². The van der Waals surface area contributed by atoms with Crippen molar-refractivity contribution >= 4 is 0 Å². The van der Waals surface area contributed by atoms with Crippen LogP contribution in [0.5, 0.6) is 0 Å². The maximum atomic E-state index is 3.48. The quantitative estimate of drug-likeness (QED) is 0.691. The lowest BCUT2D eigenvalue weighted by Crippen LogP contribution is -2.25. The van der Waals surface area contributed by atoms with Crippen LogP contribution in [0.3, 0.4) is 0 Å². The van der Waals surface area contributed by atoms with E-state index in [9.17, 15) is 0 Å². The lowest BCUT2D eigenvalue weighted by atomic mass is 9.74. The SMILES string of the molecule is CNC1CCCC2(CCCCCC2)CC1. The Bertz CT molecular complexity index is 180. The van der Waals surface area contributed by atoms with E-state index < -0.39 is 0 Å². The average molecular weight is 209 g/mol. The third-order valence-corrected chi connectivity index (χ3v) is 4.86. The zero-order chi connectivity index (χ0) is 10.6. The molecule has 2 aliphatic rings. The van der Waals surface area contributed by atoms with Gasteiger partial charge in [-0.3, -0.25) is 0 Å². The number of nitrogens with one attached hydrogen (secondary N) is 1. The Morgan fingerprint density at radius 1 is 0.800 bits per heavy atom. The maximum absolute atomic E-state index is 3.48. The van der Waals surface area contributed by atoms with E-state index in [0.29, 0.717) is 0 Å². The van der Waals surface area contributed by atoms with Crippen molar-refractivity contribution < 1.29 is 0 Å². The summed E-state index contributed by atoms with van der Waals surface area (Å²) < 4.78 is 0. The number of hydrogen-bond acceptors (Lipinski definition) is 1. The zero-order valence-corrected chi connectivity index (χ0v) is 10.4. The molecule has 0 saturated heterocycles. The van der Waals surface area contributed by atoms with Crippen molar-refractivity contribution in [3.63, 3.8) is 0 Å². The minimum Gasteiger partial charge on any atom is -0.317 e. The molecule has 2 rings (SSSR count). The van der Waals surface area contributed by atoms with Gasteiger partial charge in [-0.25, -0.2) is 0 Å². The van der Waals surface area contributed by atoms with Crippen LogP contribution in [0.1, 0.15) is 70.6 Å². The van der Waals surface area contributed by atoms with E-state index in [2.05, 4.69) is 12.4 Å². The lowest BCUT2D eigenvalue weighted by Gasteiger charge is -2.31. The summed E-state index contributed by atoms with van der Waals surface area (Å²) >= 11 is 0. The van der Waals surface area contributed by atoms with Gasteiger partial charge < -0.3 is 5.32 Å². The first kappa shape index (κ1) is 11.4. The molecular weight excluding hydrogens is 182 g/mol. The third kappa shape index (κ3) is 2.96. The van der Waals surface area contributed by atoms with Crippen molar-refractivity contribution in [3.05, 3.63) is 0 Å². The second-order valence-electron chi connectivity index (χ2n) is 5.83. The fourth-order valence-electron chi connectivity index (χ4n) is 3.74. The standard InChI is InChI=1S/C14H27N/c1-15-13-7-6-11-14(12-8-13)9-4-2-3-5-10-14/h13,15H,2-12H2,1H3. The molecule has 1 spiro atoms. The Hall–Kier alpha value is -0.0400. The minimum absolute atomic E-state index is 0.766. The first-order valence-electron chi connectivity index (χ1n) is 7.02. The minimum atomic E-state index is 0.766. The fourth-order valence-corrected chi connectivity index (χ4v) is 3.74. The molecule has 0 radical (unpaired) electrons. The van der Waals surface area contributed by atoms with Crippen molar-refractivity contribution in [3.8, 4) is 0 Å². The summed E-state index contributed by atoms with van der Waals surface area (Å²) in [6.07, 6.45) is 16.4. The van der Waals surface area contributed by atoms with Gasteiger partial charge in [0.05, 0.1) is 0 Å². The van der Waals surface area contributed by atoms with Gasteiger partial charge in [0.1, 0.15) is 0 Å². The first-order valence-corrected chi connectivity index (χ1v) is 7.02. The normalized spacial score (nSPS) is 32.2. The Morgan fingerprint density at radius 2 is 1.47 bits per heavy atom. The van der Waals surface area contributed by atoms with E-state index in [4.69, 9.17) is 0 Å². The maximum Gasteiger partial charge on any atom is 0.00642 e. The molecule has 88 valence electrons. The second-order valence-corrected chi connectivity index (χ2v) is 5.83. The molecule has 0 aromatic heterocycles. The Morgan fingerprint density at radius 3 is 2.13 bits per heavy atom. The van der Waals surface area contributed by atoms with Crippen LogP contribution in [-0.4, -0.2) is 13.1 Å². The van der Waals surface area contributed by atoms with Crippen LogP contribution >= 0.6 is 0 Å². The Balaban J connectivity index is 1.94. The van der Waals surface area contributed by atoms with Crippen molar-refractivity contribution in [1.82, 2.24) is 5.32 Å². The van der Waals surface area contributed by atoms with Gasteiger partial charge >= 0.3 is 0 Å². The highest BCUT2D eigenvalue weighted by Gasteiger charge is 2.32. The van der Waals surface area contributed by atoms with Gasteiger partial charge in [-0.1, -0.05) is 32.1 Å². The fraction of sp³-hybridized carbons (Fsp3) is 1.00. The molecule has 1 N–H and O–H groups in total. The molecule has 0 aromatic rings.